The first-order valence-corrected chi connectivity index (χ1v) is 9.70. The minimum Gasteiger partial charge on any atom is -0.439 e. The maximum Gasteiger partial charge on any atom is 0.329 e. The fourth-order valence-corrected chi connectivity index (χ4v) is 3.72. The molecule has 0 amide bonds. The van der Waals surface area contributed by atoms with Gasteiger partial charge in [0.1, 0.15) is 17.8 Å². The van der Waals surface area contributed by atoms with Crippen molar-refractivity contribution in [2.45, 2.75) is 33.7 Å². The van der Waals surface area contributed by atoms with Crippen molar-refractivity contribution in [1.82, 2.24) is 14.5 Å². The van der Waals surface area contributed by atoms with Crippen molar-refractivity contribution in [3.05, 3.63) is 97.1 Å². The minimum absolute atomic E-state index is 0.0663. The standard InChI is InChI=1S/C23H21N3O4/c1-4-16-20(21(27)15-10-13(2)9-14(3)11-15)26(23(29)25-22(16)28)12-19-24-17-7-5-6-8-18(17)30-19/h5-11H,4,12H2,1-3H3,(H,25,28,29). The fraction of sp³-hybridized carbons (Fsp3) is 0.217. The Hall–Kier alpha value is -3.74. The molecule has 152 valence electrons. The number of aryl methyl sites for hydroxylation is 2. The molecule has 0 aliphatic heterocycles. The summed E-state index contributed by atoms with van der Waals surface area (Å²) in [6, 6.07) is 12.7. The molecule has 0 saturated heterocycles. The molecular formula is C23H21N3O4. The Morgan fingerprint density at radius 3 is 2.47 bits per heavy atom. The highest BCUT2D eigenvalue weighted by Crippen LogP contribution is 2.18. The van der Waals surface area contributed by atoms with Gasteiger partial charge >= 0.3 is 5.69 Å². The molecule has 2 aromatic heterocycles. The van der Waals surface area contributed by atoms with Gasteiger partial charge in [-0.25, -0.2) is 9.78 Å². The van der Waals surface area contributed by atoms with Gasteiger partial charge in [0.15, 0.2) is 5.58 Å². The normalized spacial score (nSPS) is 11.2. The van der Waals surface area contributed by atoms with E-state index in [4.69, 9.17) is 4.42 Å². The van der Waals surface area contributed by atoms with Crippen LogP contribution in [0.4, 0.5) is 0 Å². The number of hydrogen-bond donors (Lipinski definition) is 1. The average Bonchev–Trinajstić information content (AvgIpc) is 3.11. The van der Waals surface area contributed by atoms with Crippen LogP contribution in [0.2, 0.25) is 0 Å². The van der Waals surface area contributed by atoms with E-state index in [0.29, 0.717) is 23.1 Å². The van der Waals surface area contributed by atoms with Crippen molar-refractivity contribution in [1.29, 1.82) is 0 Å². The SMILES string of the molecule is CCc1c(C(=O)c2cc(C)cc(C)c2)n(Cc2nc3ccccc3o2)c(=O)[nH]c1=O. The Kier molecular flexibility index (Phi) is 4.95. The van der Waals surface area contributed by atoms with Gasteiger partial charge in [-0.15, -0.1) is 0 Å². The summed E-state index contributed by atoms with van der Waals surface area (Å²) in [7, 11) is 0. The van der Waals surface area contributed by atoms with Crippen LogP contribution >= 0.6 is 0 Å². The van der Waals surface area contributed by atoms with Crippen LogP contribution in [0, 0.1) is 13.8 Å². The number of H-pyrrole nitrogens is 1. The first-order chi connectivity index (χ1) is 14.4. The molecule has 0 bridgehead atoms. The Labute approximate surface area is 172 Å². The topological polar surface area (TPSA) is 98.0 Å². The van der Waals surface area contributed by atoms with Crippen molar-refractivity contribution in [3.8, 4) is 0 Å². The predicted molar refractivity (Wildman–Crippen MR) is 113 cm³/mol. The van der Waals surface area contributed by atoms with Crippen LogP contribution < -0.4 is 11.2 Å². The molecule has 0 saturated carbocycles. The number of carbonyl (C=O) groups excluding carboxylic acids is 1. The highest BCUT2D eigenvalue weighted by atomic mass is 16.3. The maximum atomic E-state index is 13.5. The molecule has 4 aromatic rings. The summed E-state index contributed by atoms with van der Waals surface area (Å²) in [5.74, 6) is -0.0974. The molecule has 4 rings (SSSR count). The molecule has 2 aromatic carbocycles. The molecule has 7 nitrogen and oxygen atoms in total. The molecule has 30 heavy (non-hydrogen) atoms. The van der Waals surface area contributed by atoms with Crippen molar-refractivity contribution in [2.75, 3.05) is 0 Å². The van der Waals surface area contributed by atoms with Crippen molar-refractivity contribution in [3.63, 3.8) is 0 Å². The lowest BCUT2D eigenvalue weighted by molar-refractivity contribution is 0.102. The second-order valence-electron chi connectivity index (χ2n) is 7.31. The van der Waals surface area contributed by atoms with E-state index in [0.717, 1.165) is 11.1 Å². The number of para-hydroxylation sites is 2. The Bertz CT molecular complexity index is 1340. The van der Waals surface area contributed by atoms with Crippen LogP contribution in [-0.2, 0) is 13.0 Å². The predicted octanol–water partition coefficient (Wildman–Crippen LogP) is 3.14. The van der Waals surface area contributed by atoms with E-state index in [1.54, 1.807) is 31.2 Å². The third-order valence-electron chi connectivity index (χ3n) is 4.98. The van der Waals surface area contributed by atoms with E-state index >= 15 is 0 Å². The van der Waals surface area contributed by atoms with Crippen LogP contribution in [0.1, 0.15) is 45.6 Å². The second-order valence-corrected chi connectivity index (χ2v) is 7.31. The molecule has 0 unspecified atom stereocenters. The van der Waals surface area contributed by atoms with Gasteiger partial charge in [-0.2, -0.15) is 0 Å². The number of nitrogens with one attached hydrogen (secondary N) is 1. The van der Waals surface area contributed by atoms with Gasteiger partial charge in [0.25, 0.3) is 5.56 Å². The molecule has 0 atom stereocenters. The van der Waals surface area contributed by atoms with Crippen LogP contribution in [0.25, 0.3) is 11.1 Å². The quantitative estimate of drug-likeness (QED) is 0.516. The first kappa shape index (κ1) is 19.6. The molecular weight excluding hydrogens is 382 g/mol. The molecule has 0 spiro atoms. The average molecular weight is 403 g/mol. The van der Waals surface area contributed by atoms with Crippen molar-refractivity contribution < 1.29 is 9.21 Å². The number of fused-ring (bicyclic) bond motifs is 1. The number of oxazole rings is 1. The van der Waals surface area contributed by atoms with E-state index < -0.39 is 11.2 Å². The number of nitrogens with zero attached hydrogens (tertiary/aromatic N) is 2. The summed E-state index contributed by atoms with van der Waals surface area (Å²) in [4.78, 5) is 45.3. The lowest BCUT2D eigenvalue weighted by atomic mass is 9.99. The molecule has 0 fully saturated rings. The fourth-order valence-electron chi connectivity index (χ4n) is 3.72. The lowest BCUT2D eigenvalue weighted by Gasteiger charge is -2.14. The first-order valence-electron chi connectivity index (χ1n) is 9.70. The van der Waals surface area contributed by atoms with E-state index in [9.17, 15) is 14.4 Å². The Balaban J connectivity index is 1.90. The minimum atomic E-state index is -0.674. The zero-order valence-electron chi connectivity index (χ0n) is 17.0. The van der Waals surface area contributed by atoms with Crippen LogP contribution in [-0.4, -0.2) is 20.3 Å². The monoisotopic (exact) mass is 403 g/mol. The summed E-state index contributed by atoms with van der Waals surface area (Å²) in [6.45, 7) is 5.50. The van der Waals surface area contributed by atoms with Gasteiger partial charge in [-0.3, -0.25) is 19.1 Å². The van der Waals surface area contributed by atoms with Gasteiger partial charge in [0, 0.05) is 11.1 Å². The summed E-state index contributed by atoms with van der Waals surface area (Å²) >= 11 is 0. The van der Waals surface area contributed by atoms with E-state index in [2.05, 4.69) is 9.97 Å². The number of hydrogen-bond acceptors (Lipinski definition) is 5. The summed E-state index contributed by atoms with van der Waals surface area (Å²) in [5.41, 5.74) is 2.62. The van der Waals surface area contributed by atoms with Crippen molar-refractivity contribution >= 4 is 16.9 Å². The highest BCUT2D eigenvalue weighted by Gasteiger charge is 2.23. The van der Waals surface area contributed by atoms with Gasteiger partial charge in [0.05, 0.1) is 0 Å². The van der Waals surface area contributed by atoms with Crippen molar-refractivity contribution in [2.24, 2.45) is 0 Å². The van der Waals surface area contributed by atoms with E-state index in [-0.39, 0.29) is 29.5 Å². The third kappa shape index (κ3) is 3.50. The summed E-state index contributed by atoms with van der Waals surface area (Å²) in [5, 5.41) is 0. The number of carbonyl (C=O) groups is 1. The zero-order chi connectivity index (χ0) is 21.4. The van der Waals surface area contributed by atoms with Gasteiger partial charge in [-0.1, -0.05) is 36.2 Å². The number of aromatic nitrogens is 3. The molecule has 0 aliphatic carbocycles. The van der Waals surface area contributed by atoms with Gasteiger partial charge in [-0.05, 0) is 44.5 Å². The number of benzene rings is 2. The van der Waals surface area contributed by atoms with Gasteiger partial charge in [0.2, 0.25) is 11.7 Å². The number of ketones is 1. The largest absolute Gasteiger partial charge is 0.439 e. The second kappa shape index (κ2) is 7.59. The maximum absolute atomic E-state index is 13.5. The number of aromatic amines is 1. The lowest BCUT2D eigenvalue weighted by Crippen LogP contribution is -2.37. The van der Waals surface area contributed by atoms with E-state index in [1.165, 1.54) is 4.57 Å². The molecule has 1 N–H and O–H groups in total. The van der Waals surface area contributed by atoms with E-state index in [1.807, 2.05) is 32.0 Å². The zero-order valence-corrected chi connectivity index (χ0v) is 17.0. The Morgan fingerprint density at radius 2 is 1.80 bits per heavy atom. The molecule has 7 heteroatoms. The summed E-state index contributed by atoms with van der Waals surface area (Å²) < 4.78 is 6.98. The smallest absolute Gasteiger partial charge is 0.329 e. The van der Waals surface area contributed by atoms with Crippen LogP contribution in [0.3, 0.4) is 0 Å². The number of rotatable bonds is 5. The van der Waals surface area contributed by atoms with Crippen LogP contribution in [0.15, 0.2) is 56.5 Å². The molecule has 0 aliphatic rings. The van der Waals surface area contributed by atoms with Gasteiger partial charge < -0.3 is 4.42 Å². The molecule has 0 radical (unpaired) electrons. The summed E-state index contributed by atoms with van der Waals surface area (Å²) in [6.07, 6.45) is 0.301. The Morgan fingerprint density at radius 1 is 1.10 bits per heavy atom. The third-order valence-corrected chi connectivity index (χ3v) is 4.98. The highest BCUT2D eigenvalue weighted by molar-refractivity contribution is 6.09. The molecule has 2 heterocycles. The van der Waals surface area contributed by atoms with Crippen LogP contribution in [0.5, 0.6) is 0 Å².